The number of hydrogen-bond donors (Lipinski definition) is 2. The Morgan fingerprint density at radius 1 is 1.19 bits per heavy atom. The van der Waals surface area contributed by atoms with Crippen molar-refractivity contribution in [1.29, 1.82) is 0 Å². The second-order valence-electron chi connectivity index (χ2n) is 8.53. The van der Waals surface area contributed by atoms with Crippen molar-refractivity contribution in [3.63, 3.8) is 0 Å². The molecule has 4 saturated heterocycles. The van der Waals surface area contributed by atoms with Gasteiger partial charge in [-0.25, -0.2) is 0 Å². The van der Waals surface area contributed by atoms with Gasteiger partial charge in [-0.05, 0) is 44.5 Å². The fraction of sp³-hybridized carbons (Fsp3) is 0.882. The molecule has 0 bridgehead atoms. The van der Waals surface area contributed by atoms with Gasteiger partial charge in [-0.1, -0.05) is 6.08 Å². The standard InChI is InChI=1S/C17H28N4/c1-20-6-13-5-19-15(14(13)7-20)3-2-4-21-11-16-8-17(16,12-21)10-18-9-16/h2,4,13-15,18-19H,3,5-12H2,1H3/b4-2+/t13-,14?,15?,16?,17?/m0/s1. The lowest BCUT2D eigenvalue weighted by Crippen LogP contribution is -2.31. The summed E-state index contributed by atoms with van der Waals surface area (Å²) in [4.78, 5) is 5.10. The van der Waals surface area contributed by atoms with E-state index in [-0.39, 0.29) is 0 Å². The number of nitrogens with one attached hydrogen (secondary N) is 2. The summed E-state index contributed by atoms with van der Waals surface area (Å²) in [5, 5.41) is 7.34. The maximum atomic E-state index is 3.75. The van der Waals surface area contributed by atoms with Gasteiger partial charge in [0.15, 0.2) is 0 Å². The molecule has 5 atom stereocenters. The third kappa shape index (κ3) is 1.79. The summed E-state index contributed by atoms with van der Waals surface area (Å²) >= 11 is 0. The minimum atomic E-state index is 0.655. The molecule has 5 fully saturated rings. The summed E-state index contributed by atoms with van der Waals surface area (Å²) in [6, 6.07) is 0.714. The third-order valence-electron chi connectivity index (χ3n) is 7.15. The molecule has 1 aliphatic carbocycles. The van der Waals surface area contributed by atoms with Gasteiger partial charge in [0.05, 0.1) is 0 Å². The quantitative estimate of drug-likeness (QED) is 0.784. The van der Waals surface area contributed by atoms with Crippen LogP contribution in [0.15, 0.2) is 12.3 Å². The Kier molecular flexibility index (Phi) is 2.61. The van der Waals surface area contributed by atoms with Crippen LogP contribution in [-0.2, 0) is 0 Å². The van der Waals surface area contributed by atoms with Gasteiger partial charge in [-0.3, -0.25) is 0 Å². The fourth-order valence-electron chi connectivity index (χ4n) is 6.00. The van der Waals surface area contributed by atoms with Crippen molar-refractivity contribution < 1.29 is 0 Å². The summed E-state index contributed by atoms with van der Waals surface area (Å²) in [6.07, 6.45) is 7.55. The molecule has 0 radical (unpaired) electrons. The van der Waals surface area contributed by atoms with E-state index in [1.54, 1.807) is 0 Å². The lowest BCUT2D eigenvalue weighted by molar-refractivity contribution is 0.334. The Morgan fingerprint density at radius 3 is 2.81 bits per heavy atom. The monoisotopic (exact) mass is 288 g/mol. The number of nitrogens with zero attached hydrogens (tertiary/aromatic N) is 2. The lowest BCUT2D eigenvalue weighted by Gasteiger charge is -2.22. The molecule has 21 heavy (non-hydrogen) atoms. The minimum Gasteiger partial charge on any atom is -0.376 e. The Bertz CT molecular complexity index is 451. The Balaban J connectivity index is 1.17. The van der Waals surface area contributed by atoms with Gasteiger partial charge in [0, 0.05) is 56.1 Å². The van der Waals surface area contributed by atoms with Crippen LogP contribution in [0.25, 0.3) is 0 Å². The van der Waals surface area contributed by atoms with Crippen LogP contribution in [0.1, 0.15) is 12.8 Å². The molecule has 2 N–H and O–H groups in total. The zero-order valence-corrected chi connectivity index (χ0v) is 13.1. The smallest absolute Gasteiger partial charge is 0.0248 e. The zero-order valence-electron chi connectivity index (χ0n) is 13.1. The second-order valence-corrected chi connectivity index (χ2v) is 8.53. The Morgan fingerprint density at radius 2 is 2.00 bits per heavy atom. The third-order valence-corrected chi connectivity index (χ3v) is 7.15. The molecule has 0 aromatic rings. The molecule has 4 unspecified atom stereocenters. The molecule has 4 heteroatoms. The average molecular weight is 288 g/mol. The van der Waals surface area contributed by atoms with Crippen molar-refractivity contribution in [3.8, 4) is 0 Å². The molecule has 5 aliphatic rings. The number of hydrogen-bond acceptors (Lipinski definition) is 4. The van der Waals surface area contributed by atoms with Crippen LogP contribution in [0.3, 0.4) is 0 Å². The van der Waals surface area contributed by atoms with E-state index in [9.17, 15) is 0 Å². The van der Waals surface area contributed by atoms with E-state index in [0.717, 1.165) is 11.8 Å². The number of fused-ring (bicyclic) bond motifs is 1. The summed E-state index contributed by atoms with van der Waals surface area (Å²) in [5.74, 6) is 1.78. The van der Waals surface area contributed by atoms with Gasteiger partial charge in [-0.15, -0.1) is 0 Å². The maximum Gasteiger partial charge on any atom is 0.0248 e. The largest absolute Gasteiger partial charge is 0.376 e. The number of likely N-dealkylation sites (tertiary alicyclic amines) is 2. The molecular weight excluding hydrogens is 260 g/mol. The molecule has 0 spiro atoms. The second kappa shape index (κ2) is 4.24. The van der Waals surface area contributed by atoms with Crippen LogP contribution in [0.5, 0.6) is 0 Å². The first kappa shape index (κ1) is 12.9. The summed E-state index contributed by atoms with van der Waals surface area (Å²) in [5.41, 5.74) is 1.31. The fourth-order valence-corrected chi connectivity index (χ4v) is 6.00. The van der Waals surface area contributed by atoms with Crippen LogP contribution >= 0.6 is 0 Å². The SMILES string of the molecule is CN1CC2C(C/C=C/N3CC45CNCC4(C3)C5)NC[C@H]2C1. The predicted octanol–water partition coefficient (Wildman–Crippen LogP) is 0.335. The van der Waals surface area contributed by atoms with Crippen LogP contribution in [0, 0.1) is 22.7 Å². The number of rotatable bonds is 3. The van der Waals surface area contributed by atoms with Crippen molar-refractivity contribution in [2.24, 2.45) is 22.7 Å². The molecule has 4 aliphatic heterocycles. The number of piperidine rings is 2. The summed E-state index contributed by atoms with van der Waals surface area (Å²) < 4.78 is 0. The van der Waals surface area contributed by atoms with E-state index in [0.29, 0.717) is 16.9 Å². The van der Waals surface area contributed by atoms with Crippen molar-refractivity contribution in [2.45, 2.75) is 18.9 Å². The van der Waals surface area contributed by atoms with Crippen molar-refractivity contribution in [2.75, 3.05) is 52.9 Å². The first-order valence-corrected chi connectivity index (χ1v) is 8.73. The molecule has 0 amide bonds. The van der Waals surface area contributed by atoms with Gasteiger partial charge in [0.25, 0.3) is 0 Å². The van der Waals surface area contributed by atoms with E-state index in [1.165, 1.54) is 58.7 Å². The highest BCUT2D eigenvalue weighted by Crippen LogP contribution is 2.70. The molecule has 4 nitrogen and oxygen atoms in total. The first-order valence-electron chi connectivity index (χ1n) is 8.73. The summed E-state index contributed by atoms with van der Waals surface area (Å²) in [7, 11) is 2.27. The van der Waals surface area contributed by atoms with Crippen LogP contribution < -0.4 is 10.6 Å². The first-order chi connectivity index (χ1) is 10.2. The normalized spacial score (nSPS) is 51.7. The molecule has 116 valence electrons. The van der Waals surface area contributed by atoms with Crippen LogP contribution in [0.2, 0.25) is 0 Å². The highest BCUT2D eigenvalue weighted by Gasteiger charge is 2.73. The molecular formula is C17H28N4. The molecule has 0 aromatic heterocycles. The Hall–Kier alpha value is -0.580. The lowest BCUT2D eigenvalue weighted by atomic mass is 9.92. The highest BCUT2D eigenvalue weighted by molar-refractivity contribution is 5.27. The van der Waals surface area contributed by atoms with Crippen molar-refractivity contribution in [1.82, 2.24) is 20.4 Å². The van der Waals surface area contributed by atoms with Crippen molar-refractivity contribution in [3.05, 3.63) is 12.3 Å². The zero-order chi connectivity index (χ0) is 14.1. The van der Waals surface area contributed by atoms with E-state index in [2.05, 4.69) is 39.8 Å². The summed E-state index contributed by atoms with van der Waals surface area (Å²) in [6.45, 7) is 8.93. The maximum absolute atomic E-state index is 3.75. The Labute approximate surface area is 127 Å². The van der Waals surface area contributed by atoms with Gasteiger partial charge in [0.2, 0.25) is 0 Å². The minimum absolute atomic E-state index is 0.655. The van der Waals surface area contributed by atoms with E-state index in [4.69, 9.17) is 0 Å². The van der Waals surface area contributed by atoms with E-state index >= 15 is 0 Å². The highest BCUT2D eigenvalue weighted by atomic mass is 15.2. The molecule has 5 rings (SSSR count). The molecule has 1 saturated carbocycles. The molecule has 0 aromatic carbocycles. The molecule has 4 heterocycles. The average Bonchev–Trinajstić information content (AvgIpc) is 2.87. The van der Waals surface area contributed by atoms with E-state index < -0.39 is 0 Å². The van der Waals surface area contributed by atoms with Crippen LogP contribution in [0.4, 0.5) is 0 Å². The van der Waals surface area contributed by atoms with Gasteiger partial charge < -0.3 is 20.4 Å². The topological polar surface area (TPSA) is 30.5 Å². The van der Waals surface area contributed by atoms with Crippen LogP contribution in [-0.4, -0.2) is 68.7 Å². The van der Waals surface area contributed by atoms with Gasteiger partial charge in [-0.2, -0.15) is 0 Å². The van der Waals surface area contributed by atoms with Crippen molar-refractivity contribution >= 4 is 0 Å². The predicted molar refractivity (Wildman–Crippen MR) is 84.0 cm³/mol. The van der Waals surface area contributed by atoms with Gasteiger partial charge >= 0.3 is 0 Å². The van der Waals surface area contributed by atoms with Gasteiger partial charge in [0.1, 0.15) is 0 Å². The van der Waals surface area contributed by atoms with E-state index in [1.807, 2.05) is 0 Å².